The normalized spacial score (nSPS) is 20.8. The molecule has 1 aliphatic heterocycles. The first-order valence-corrected chi connectivity index (χ1v) is 8.21. The zero-order valence-electron chi connectivity index (χ0n) is 12.6. The van der Waals surface area contributed by atoms with Crippen LogP contribution in [0.25, 0.3) is 0 Å². The zero-order valence-corrected chi connectivity index (χ0v) is 14.2. The number of amides is 1. The number of halogens is 1. The van der Waals surface area contributed by atoms with Crippen molar-refractivity contribution in [2.75, 3.05) is 26.8 Å². The molecule has 0 saturated carbocycles. The van der Waals surface area contributed by atoms with Crippen molar-refractivity contribution in [1.82, 2.24) is 10.6 Å². The van der Waals surface area contributed by atoms with E-state index in [1.54, 1.807) is 7.11 Å². The van der Waals surface area contributed by atoms with E-state index in [1.165, 1.54) is 0 Å². The maximum absolute atomic E-state index is 12.5. The second-order valence-electron chi connectivity index (χ2n) is 5.37. The van der Waals surface area contributed by atoms with Crippen LogP contribution in [0.4, 0.5) is 0 Å². The van der Waals surface area contributed by atoms with Gasteiger partial charge in [0.15, 0.2) is 5.78 Å². The molecule has 0 aliphatic carbocycles. The van der Waals surface area contributed by atoms with Crippen molar-refractivity contribution in [1.29, 1.82) is 0 Å². The SMILES string of the molecule is COCCCNC(=O)C1CC(C(=O)c2ccccc2Br)CN1. The number of benzene rings is 1. The van der Waals surface area contributed by atoms with Crippen LogP contribution in [0.3, 0.4) is 0 Å². The van der Waals surface area contributed by atoms with Gasteiger partial charge in [-0.05, 0) is 18.9 Å². The molecule has 5 nitrogen and oxygen atoms in total. The molecule has 2 N–H and O–H groups in total. The van der Waals surface area contributed by atoms with Gasteiger partial charge < -0.3 is 15.4 Å². The van der Waals surface area contributed by atoms with Gasteiger partial charge in [0.2, 0.25) is 5.91 Å². The molecule has 1 amide bonds. The topological polar surface area (TPSA) is 67.4 Å². The van der Waals surface area contributed by atoms with Crippen LogP contribution in [0, 0.1) is 5.92 Å². The molecule has 1 aromatic carbocycles. The molecule has 0 radical (unpaired) electrons. The number of nitrogens with one attached hydrogen (secondary N) is 2. The Kier molecular flexibility index (Phi) is 6.54. The lowest BCUT2D eigenvalue weighted by Crippen LogP contribution is -2.40. The second-order valence-corrected chi connectivity index (χ2v) is 6.23. The lowest BCUT2D eigenvalue weighted by molar-refractivity contribution is -0.122. The molecule has 0 bridgehead atoms. The fourth-order valence-electron chi connectivity index (χ4n) is 2.57. The van der Waals surface area contributed by atoms with Gasteiger partial charge >= 0.3 is 0 Å². The maximum atomic E-state index is 12.5. The van der Waals surface area contributed by atoms with Crippen LogP contribution < -0.4 is 10.6 Å². The van der Waals surface area contributed by atoms with Gasteiger partial charge in [-0.2, -0.15) is 0 Å². The molecule has 2 unspecified atom stereocenters. The van der Waals surface area contributed by atoms with E-state index in [0.717, 1.165) is 10.9 Å². The Labute approximate surface area is 138 Å². The molecule has 1 aromatic rings. The minimum absolute atomic E-state index is 0.0430. The number of hydrogen-bond acceptors (Lipinski definition) is 4. The lowest BCUT2D eigenvalue weighted by Gasteiger charge is -2.11. The molecule has 1 heterocycles. The van der Waals surface area contributed by atoms with Crippen LogP contribution in [0.15, 0.2) is 28.7 Å². The van der Waals surface area contributed by atoms with Crippen molar-refractivity contribution in [2.45, 2.75) is 18.9 Å². The number of carbonyl (C=O) groups is 2. The number of carbonyl (C=O) groups excluding carboxylic acids is 2. The fourth-order valence-corrected chi connectivity index (χ4v) is 3.05. The van der Waals surface area contributed by atoms with Gasteiger partial charge in [-0.1, -0.05) is 34.1 Å². The van der Waals surface area contributed by atoms with Crippen LogP contribution in [-0.4, -0.2) is 44.5 Å². The first kappa shape index (κ1) is 17.1. The van der Waals surface area contributed by atoms with E-state index in [0.29, 0.717) is 31.7 Å². The molecular weight excluding hydrogens is 348 g/mol. The summed E-state index contributed by atoms with van der Waals surface area (Å²) in [5.74, 6) is -0.124. The first-order valence-electron chi connectivity index (χ1n) is 7.42. The van der Waals surface area contributed by atoms with E-state index in [-0.39, 0.29) is 23.7 Å². The number of rotatable bonds is 7. The van der Waals surface area contributed by atoms with Gasteiger partial charge in [0.25, 0.3) is 0 Å². The molecular formula is C16H21BrN2O3. The largest absolute Gasteiger partial charge is 0.385 e. The summed E-state index contributed by atoms with van der Waals surface area (Å²) in [5, 5.41) is 6.01. The van der Waals surface area contributed by atoms with Crippen molar-refractivity contribution in [3.63, 3.8) is 0 Å². The van der Waals surface area contributed by atoms with Crippen LogP contribution in [-0.2, 0) is 9.53 Å². The van der Waals surface area contributed by atoms with Gasteiger partial charge in [0, 0.05) is 42.8 Å². The summed E-state index contributed by atoms with van der Waals surface area (Å²) in [7, 11) is 1.64. The summed E-state index contributed by atoms with van der Waals surface area (Å²) in [6, 6.07) is 7.10. The average molecular weight is 369 g/mol. The molecule has 2 atom stereocenters. The van der Waals surface area contributed by atoms with E-state index in [2.05, 4.69) is 26.6 Å². The summed E-state index contributed by atoms with van der Waals surface area (Å²) in [4.78, 5) is 24.6. The van der Waals surface area contributed by atoms with Crippen LogP contribution in [0.1, 0.15) is 23.2 Å². The highest BCUT2D eigenvalue weighted by Gasteiger charge is 2.34. The molecule has 6 heteroatoms. The minimum Gasteiger partial charge on any atom is -0.385 e. The highest BCUT2D eigenvalue weighted by atomic mass is 79.9. The highest BCUT2D eigenvalue weighted by molar-refractivity contribution is 9.10. The summed E-state index contributed by atoms with van der Waals surface area (Å²) in [5.41, 5.74) is 0.676. The third-order valence-electron chi connectivity index (χ3n) is 3.78. The van der Waals surface area contributed by atoms with Crippen LogP contribution in [0.5, 0.6) is 0 Å². The third kappa shape index (κ3) is 4.38. The first-order chi connectivity index (χ1) is 10.6. The molecule has 120 valence electrons. The Morgan fingerprint density at radius 3 is 2.91 bits per heavy atom. The summed E-state index contributed by atoms with van der Waals surface area (Å²) in [6.07, 6.45) is 1.32. The molecule has 1 fully saturated rings. The third-order valence-corrected chi connectivity index (χ3v) is 4.47. The number of methoxy groups -OCH3 is 1. The zero-order chi connectivity index (χ0) is 15.9. The van der Waals surface area contributed by atoms with Gasteiger partial charge in [-0.15, -0.1) is 0 Å². The van der Waals surface area contributed by atoms with E-state index in [4.69, 9.17) is 4.74 Å². The monoisotopic (exact) mass is 368 g/mol. The van der Waals surface area contributed by atoms with Crippen molar-refractivity contribution >= 4 is 27.6 Å². The fraction of sp³-hybridized carbons (Fsp3) is 0.500. The average Bonchev–Trinajstić information content (AvgIpc) is 3.01. The van der Waals surface area contributed by atoms with Gasteiger partial charge in [-0.25, -0.2) is 0 Å². The van der Waals surface area contributed by atoms with Crippen molar-refractivity contribution < 1.29 is 14.3 Å². The second kappa shape index (κ2) is 8.41. The standard InChI is InChI=1S/C16H21BrN2O3/c1-22-8-4-7-18-16(21)14-9-11(10-19-14)15(20)12-5-2-3-6-13(12)17/h2-3,5-6,11,14,19H,4,7-10H2,1H3,(H,18,21). The maximum Gasteiger partial charge on any atom is 0.237 e. The number of ketones is 1. The quantitative estimate of drug-likeness (QED) is 0.568. The van der Waals surface area contributed by atoms with Gasteiger partial charge in [0.05, 0.1) is 6.04 Å². The molecule has 1 saturated heterocycles. The molecule has 2 rings (SSSR count). The van der Waals surface area contributed by atoms with Crippen molar-refractivity contribution in [3.05, 3.63) is 34.3 Å². The summed E-state index contributed by atoms with van der Waals surface area (Å²) in [6.45, 7) is 1.76. The Morgan fingerprint density at radius 1 is 1.41 bits per heavy atom. The van der Waals surface area contributed by atoms with Crippen molar-refractivity contribution in [3.8, 4) is 0 Å². The number of hydrogen-bond donors (Lipinski definition) is 2. The predicted molar refractivity (Wildman–Crippen MR) is 87.9 cm³/mol. The molecule has 0 spiro atoms. The van der Waals surface area contributed by atoms with E-state index in [1.807, 2.05) is 24.3 Å². The number of Topliss-reactive ketones (excluding diaryl/α,β-unsaturated/α-hetero) is 1. The summed E-state index contributed by atoms with van der Waals surface area (Å²) >= 11 is 3.40. The van der Waals surface area contributed by atoms with Crippen LogP contribution in [0.2, 0.25) is 0 Å². The molecule has 22 heavy (non-hydrogen) atoms. The van der Waals surface area contributed by atoms with E-state index < -0.39 is 0 Å². The smallest absolute Gasteiger partial charge is 0.237 e. The van der Waals surface area contributed by atoms with E-state index in [9.17, 15) is 9.59 Å². The predicted octanol–water partition coefficient (Wildman–Crippen LogP) is 1.76. The summed E-state index contributed by atoms with van der Waals surface area (Å²) < 4.78 is 5.74. The van der Waals surface area contributed by atoms with Gasteiger partial charge in [-0.3, -0.25) is 9.59 Å². The molecule has 1 aliphatic rings. The van der Waals surface area contributed by atoms with E-state index >= 15 is 0 Å². The lowest BCUT2D eigenvalue weighted by atomic mass is 9.95. The minimum atomic E-state index is -0.293. The van der Waals surface area contributed by atoms with Gasteiger partial charge in [0.1, 0.15) is 0 Å². The Balaban J connectivity index is 1.86. The number of ether oxygens (including phenoxy) is 1. The Hall–Kier alpha value is -1.24. The van der Waals surface area contributed by atoms with Crippen LogP contribution >= 0.6 is 15.9 Å². The molecule has 0 aromatic heterocycles. The highest BCUT2D eigenvalue weighted by Crippen LogP contribution is 2.24. The Morgan fingerprint density at radius 2 is 2.18 bits per heavy atom. The Bertz CT molecular complexity index is 536. The van der Waals surface area contributed by atoms with Crippen molar-refractivity contribution in [2.24, 2.45) is 5.92 Å².